The summed E-state index contributed by atoms with van der Waals surface area (Å²) in [5, 5.41) is 0. The van der Waals surface area contributed by atoms with Gasteiger partial charge in [-0.3, -0.25) is 0 Å². The maximum Gasteiger partial charge on any atom is 0.228 e. The van der Waals surface area contributed by atoms with Crippen LogP contribution in [-0.2, 0) is 50.1 Å². The van der Waals surface area contributed by atoms with Crippen LogP contribution in [0, 0.1) is 0 Å². The van der Waals surface area contributed by atoms with Gasteiger partial charge in [0.25, 0.3) is 0 Å². The van der Waals surface area contributed by atoms with E-state index in [-0.39, 0.29) is 19.8 Å². The van der Waals surface area contributed by atoms with Crippen LogP contribution in [-0.4, -0.2) is 37.4 Å². The van der Waals surface area contributed by atoms with Gasteiger partial charge in [-0.2, -0.15) is 0 Å². The fourth-order valence-electron chi connectivity index (χ4n) is 4.73. The molecule has 5 nitrogen and oxygen atoms in total. The van der Waals surface area contributed by atoms with Crippen LogP contribution in [0.3, 0.4) is 0 Å². The van der Waals surface area contributed by atoms with E-state index in [1.807, 2.05) is 121 Å². The molecule has 4 aromatic carbocycles. The van der Waals surface area contributed by atoms with Gasteiger partial charge in [-0.25, -0.2) is 4.39 Å². The van der Waals surface area contributed by atoms with Gasteiger partial charge in [0, 0.05) is 0 Å². The van der Waals surface area contributed by atoms with Crippen LogP contribution in [0.25, 0.3) is 0 Å². The van der Waals surface area contributed by atoms with Crippen molar-refractivity contribution < 1.29 is 28.1 Å². The quantitative estimate of drug-likeness (QED) is 0.189. The Balaban J connectivity index is 1.36. The Labute approximate surface area is 235 Å². The molecule has 0 radical (unpaired) electrons. The van der Waals surface area contributed by atoms with Gasteiger partial charge < -0.3 is 23.7 Å². The summed E-state index contributed by atoms with van der Waals surface area (Å²) in [6, 6.07) is 39.2. The van der Waals surface area contributed by atoms with Gasteiger partial charge in [0.2, 0.25) is 6.36 Å². The van der Waals surface area contributed by atoms with E-state index in [1.165, 1.54) is 0 Å². The minimum atomic E-state index is -1.72. The molecule has 6 heteroatoms. The molecule has 1 aliphatic heterocycles. The summed E-state index contributed by atoms with van der Waals surface area (Å²) in [6.45, 7) is 1.35. The summed E-state index contributed by atoms with van der Waals surface area (Å²) in [4.78, 5) is 0. The molecule has 1 fully saturated rings. The maximum atomic E-state index is 15.7. The average Bonchev–Trinajstić information content (AvgIpc) is 3.01. The summed E-state index contributed by atoms with van der Waals surface area (Å²) >= 11 is 0. The van der Waals surface area contributed by atoms with Crippen LogP contribution >= 0.6 is 0 Å². The third-order valence-electron chi connectivity index (χ3n) is 6.83. The molecular weight excluding hydrogens is 507 g/mol. The van der Waals surface area contributed by atoms with E-state index in [2.05, 4.69) is 0 Å². The second-order valence-corrected chi connectivity index (χ2v) is 9.81. The Morgan fingerprint density at radius 1 is 0.475 bits per heavy atom. The molecule has 1 aliphatic rings. The third-order valence-corrected chi connectivity index (χ3v) is 6.83. The second kappa shape index (κ2) is 14.8. The number of hydrogen-bond donors (Lipinski definition) is 0. The maximum absolute atomic E-state index is 15.7. The van der Waals surface area contributed by atoms with E-state index in [0.717, 1.165) is 22.3 Å². The van der Waals surface area contributed by atoms with Gasteiger partial charge in [-0.15, -0.1) is 0 Å². The van der Waals surface area contributed by atoms with Crippen molar-refractivity contribution in [3.8, 4) is 0 Å². The number of benzene rings is 4. The van der Waals surface area contributed by atoms with Crippen molar-refractivity contribution in [2.75, 3.05) is 6.61 Å². The highest BCUT2D eigenvalue weighted by Crippen LogP contribution is 2.31. The van der Waals surface area contributed by atoms with E-state index in [0.29, 0.717) is 13.2 Å². The van der Waals surface area contributed by atoms with Crippen molar-refractivity contribution in [2.24, 2.45) is 0 Å². The van der Waals surface area contributed by atoms with Crippen LogP contribution in [0.2, 0.25) is 0 Å². The van der Waals surface area contributed by atoms with Crippen LogP contribution in [0.5, 0.6) is 0 Å². The number of rotatable bonds is 13. The first-order valence-corrected chi connectivity index (χ1v) is 13.6. The van der Waals surface area contributed by atoms with E-state index in [9.17, 15) is 0 Å². The normalized spacial score (nSPS) is 22.7. The molecule has 4 aromatic rings. The minimum absolute atomic E-state index is 0.144. The Kier molecular flexibility index (Phi) is 10.4. The Bertz CT molecular complexity index is 1240. The highest BCUT2D eigenvalue weighted by atomic mass is 19.1. The van der Waals surface area contributed by atoms with Crippen molar-refractivity contribution in [3.05, 3.63) is 144 Å². The van der Waals surface area contributed by atoms with Crippen molar-refractivity contribution in [1.29, 1.82) is 0 Å². The van der Waals surface area contributed by atoms with Gasteiger partial charge >= 0.3 is 0 Å². The predicted molar refractivity (Wildman–Crippen MR) is 151 cm³/mol. The van der Waals surface area contributed by atoms with Gasteiger partial charge in [-0.1, -0.05) is 121 Å². The summed E-state index contributed by atoms with van der Waals surface area (Å²) in [5.74, 6) is 0. The Hall–Kier alpha value is -3.39. The molecule has 5 rings (SSSR count). The lowest BCUT2D eigenvalue weighted by molar-refractivity contribution is -0.298. The Morgan fingerprint density at radius 3 is 1.30 bits per heavy atom. The molecule has 40 heavy (non-hydrogen) atoms. The summed E-state index contributed by atoms with van der Waals surface area (Å²) in [6.07, 6.45) is -4.77. The largest absolute Gasteiger partial charge is 0.374 e. The van der Waals surface area contributed by atoms with E-state index < -0.39 is 30.8 Å². The average molecular weight is 543 g/mol. The molecule has 0 bridgehead atoms. The first-order chi connectivity index (χ1) is 19.8. The predicted octanol–water partition coefficient (Wildman–Crippen LogP) is 6.65. The first-order valence-electron chi connectivity index (χ1n) is 13.6. The molecule has 1 saturated heterocycles. The zero-order valence-electron chi connectivity index (χ0n) is 22.4. The van der Waals surface area contributed by atoms with Gasteiger partial charge in [-0.05, 0) is 22.3 Å². The third kappa shape index (κ3) is 8.07. The molecule has 0 aromatic heterocycles. The van der Waals surface area contributed by atoms with Gasteiger partial charge in [0.1, 0.15) is 24.4 Å². The van der Waals surface area contributed by atoms with E-state index in [1.54, 1.807) is 0 Å². The van der Waals surface area contributed by atoms with Crippen molar-refractivity contribution in [3.63, 3.8) is 0 Å². The molecule has 208 valence electrons. The first kappa shape index (κ1) is 28.1. The molecule has 0 unspecified atom stereocenters. The smallest absolute Gasteiger partial charge is 0.228 e. The van der Waals surface area contributed by atoms with Crippen LogP contribution < -0.4 is 0 Å². The fourth-order valence-corrected chi connectivity index (χ4v) is 4.73. The molecular formula is C34H35FO5. The minimum Gasteiger partial charge on any atom is -0.374 e. The summed E-state index contributed by atoms with van der Waals surface area (Å²) in [7, 11) is 0. The molecule has 0 N–H and O–H groups in total. The number of alkyl halides is 1. The second-order valence-electron chi connectivity index (χ2n) is 9.81. The van der Waals surface area contributed by atoms with E-state index in [4.69, 9.17) is 23.7 Å². The molecule has 0 amide bonds. The standard InChI is InChI=1S/C34H35FO5/c35-34-33(39-24-29-19-11-4-12-20-29)32(38-23-28-17-9-3-10-18-28)31(37-22-27-15-7-2-8-16-27)30(40-34)25-36-21-26-13-5-1-6-14-26/h1-20,30-34H,21-25H2/t30-,31+,32+,33-,34-/m1/s1. The van der Waals surface area contributed by atoms with Crippen LogP contribution in [0.15, 0.2) is 121 Å². The SMILES string of the molecule is F[C@@H]1O[C@H](COCc2ccccc2)[C@H](OCc2ccccc2)[C@H](OCc2ccccc2)[C@H]1OCc1ccccc1. The van der Waals surface area contributed by atoms with Crippen molar-refractivity contribution in [1.82, 2.24) is 0 Å². The Morgan fingerprint density at radius 2 is 0.850 bits per heavy atom. The number of halogens is 1. The molecule has 1 heterocycles. The lowest BCUT2D eigenvalue weighted by Gasteiger charge is -2.43. The zero-order chi connectivity index (χ0) is 27.4. The van der Waals surface area contributed by atoms with Crippen LogP contribution in [0.4, 0.5) is 4.39 Å². The lowest BCUT2D eigenvalue weighted by Crippen LogP contribution is -2.60. The molecule has 0 aliphatic carbocycles. The van der Waals surface area contributed by atoms with Gasteiger partial charge in [0.05, 0.1) is 33.0 Å². The molecule has 0 saturated carbocycles. The number of ether oxygens (including phenoxy) is 5. The molecule has 0 spiro atoms. The highest BCUT2D eigenvalue weighted by Gasteiger charge is 2.48. The topological polar surface area (TPSA) is 46.2 Å². The number of hydrogen-bond acceptors (Lipinski definition) is 5. The molecule has 5 atom stereocenters. The van der Waals surface area contributed by atoms with E-state index >= 15 is 4.39 Å². The monoisotopic (exact) mass is 542 g/mol. The lowest BCUT2D eigenvalue weighted by atomic mass is 9.98. The van der Waals surface area contributed by atoms with Crippen molar-refractivity contribution >= 4 is 0 Å². The fraction of sp³-hybridized carbons (Fsp3) is 0.294. The van der Waals surface area contributed by atoms with Crippen LogP contribution in [0.1, 0.15) is 22.3 Å². The highest BCUT2D eigenvalue weighted by molar-refractivity contribution is 5.16. The summed E-state index contributed by atoms with van der Waals surface area (Å²) in [5.41, 5.74) is 3.94. The zero-order valence-corrected chi connectivity index (χ0v) is 22.4. The van der Waals surface area contributed by atoms with Gasteiger partial charge in [0.15, 0.2) is 0 Å². The summed E-state index contributed by atoms with van der Waals surface area (Å²) < 4.78 is 46.6. The van der Waals surface area contributed by atoms with Crippen molar-refractivity contribution in [2.45, 2.75) is 57.2 Å².